The molecule has 2 aromatic rings. The van der Waals surface area contributed by atoms with E-state index in [1.54, 1.807) is 18.4 Å². The Bertz CT molecular complexity index is 563. The molecule has 1 aliphatic carbocycles. The summed E-state index contributed by atoms with van der Waals surface area (Å²) in [4.78, 5) is 0. The van der Waals surface area contributed by atoms with Crippen molar-refractivity contribution in [1.82, 2.24) is 15.5 Å². The second kappa shape index (κ2) is 7.00. The standard InChI is InChI=1S/C16H21N3OS/c1-20-14-8-4-12(5-9-14)11-16-19-18-15(21-16)3-2-10-17-13-6-7-13/h4-5,8-9,13,17H,2-3,6-7,10-11H2,1H3. The third-order valence-electron chi connectivity index (χ3n) is 3.60. The summed E-state index contributed by atoms with van der Waals surface area (Å²) < 4.78 is 5.17. The number of nitrogens with zero attached hydrogens (tertiary/aromatic N) is 2. The highest BCUT2D eigenvalue weighted by molar-refractivity contribution is 7.11. The topological polar surface area (TPSA) is 47.0 Å². The summed E-state index contributed by atoms with van der Waals surface area (Å²) in [5.74, 6) is 0.889. The molecule has 1 N–H and O–H groups in total. The second-order valence-corrected chi connectivity index (χ2v) is 6.59. The Hall–Kier alpha value is -1.46. The Morgan fingerprint density at radius 3 is 2.67 bits per heavy atom. The lowest BCUT2D eigenvalue weighted by atomic mass is 10.1. The molecule has 21 heavy (non-hydrogen) atoms. The summed E-state index contributed by atoms with van der Waals surface area (Å²) >= 11 is 1.73. The molecular weight excluding hydrogens is 282 g/mol. The summed E-state index contributed by atoms with van der Waals surface area (Å²) in [6.45, 7) is 1.10. The second-order valence-electron chi connectivity index (χ2n) is 5.45. The first kappa shape index (κ1) is 14.5. The first-order valence-corrected chi connectivity index (χ1v) is 8.33. The van der Waals surface area contributed by atoms with Crippen LogP contribution in [0.3, 0.4) is 0 Å². The molecule has 1 aliphatic rings. The number of benzene rings is 1. The van der Waals surface area contributed by atoms with Gasteiger partial charge >= 0.3 is 0 Å². The molecule has 1 fully saturated rings. The zero-order chi connectivity index (χ0) is 14.5. The van der Waals surface area contributed by atoms with Gasteiger partial charge in [-0.3, -0.25) is 0 Å². The maximum atomic E-state index is 5.17. The average molecular weight is 303 g/mol. The van der Waals surface area contributed by atoms with Crippen LogP contribution >= 0.6 is 11.3 Å². The fourth-order valence-electron chi connectivity index (χ4n) is 2.21. The molecular formula is C16H21N3OS. The minimum Gasteiger partial charge on any atom is -0.497 e. The Balaban J connectivity index is 1.46. The molecule has 0 spiro atoms. The van der Waals surface area contributed by atoms with Gasteiger partial charge in [0, 0.05) is 18.9 Å². The monoisotopic (exact) mass is 303 g/mol. The number of rotatable bonds is 8. The van der Waals surface area contributed by atoms with E-state index in [0.717, 1.165) is 47.6 Å². The highest BCUT2D eigenvalue weighted by Crippen LogP contribution is 2.20. The molecule has 0 aliphatic heterocycles. The fourth-order valence-corrected chi connectivity index (χ4v) is 3.13. The van der Waals surface area contributed by atoms with Crippen molar-refractivity contribution >= 4 is 11.3 Å². The van der Waals surface area contributed by atoms with E-state index in [-0.39, 0.29) is 0 Å². The molecule has 1 saturated carbocycles. The largest absolute Gasteiger partial charge is 0.497 e. The minimum absolute atomic E-state index is 0.796. The van der Waals surface area contributed by atoms with E-state index < -0.39 is 0 Å². The Morgan fingerprint density at radius 2 is 1.95 bits per heavy atom. The van der Waals surface area contributed by atoms with Crippen LogP contribution in [0, 0.1) is 0 Å². The number of hydrogen-bond acceptors (Lipinski definition) is 5. The number of ether oxygens (including phenoxy) is 1. The van der Waals surface area contributed by atoms with Crippen LogP contribution < -0.4 is 10.1 Å². The maximum absolute atomic E-state index is 5.17. The van der Waals surface area contributed by atoms with Crippen molar-refractivity contribution in [1.29, 1.82) is 0 Å². The van der Waals surface area contributed by atoms with E-state index in [9.17, 15) is 0 Å². The first-order valence-electron chi connectivity index (χ1n) is 7.51. The van der Waals surface area contributed by atoms with Crippen LogP contribution in [0.5, 0.6) is 5.75 Å². The average Bonchev–Trinajstić information content (AvgIpc) is 3.24. The van der Waals surface area contributed by atoms with Gasteiger partial charge in [-0.15, -0.1) is 21.5 Å². The van der Waals surface area contributed by atoms with E-state index >= 15 is 0 Å². The predicted octanol–water partition coefficient (Wildman–Crippen LogP) is 2.82. The third kappa shape index (κ3) is 4.51. The highest BCUT2D eigenvalue weighted by atomic mass is 32.1. The van der Waals surface area contributed by atoms with E-state index in [0.29, 0.717) is 0 Å². The molecule has 0 unspecified atom stereocenters. The number of nitrogens with one attached hydrogen (secondary N) is 1. The van der Waals surface area contributed by atoms with Gasteiger partial charge in [0.2, 0.25) is 0 Å². The number of aromatic nitrogens is 2. The van der Waals surface area contributed by atoms with Crippen molar-refractivity contribution in [3.8, 4) is 5.75 Å². The summed E-state index contributed by atoms with van der Waals surface area (Å²) in [6, 6.07) is 8.94. The van der Waals surface area contributed by atoms with Crippen molar-refractivity contribution in [2.45, 2.75) is 38.1 Å². The molecule has 0 radical (unpaired) electrons. The number of aryl methyl sites for hydroxylation is 1. The lowest BCUT2D eigenvalue weighted by molar-refractivity contribution is 0.414. The molecule has 3 rings (SSSR count). The van der Waals surface area contributed by atoms with Gasteiger partial charge in [-0.2, -0.15) is 0 Å². The Morgan fingerprint density at radius 1 is 1.19 bits per heavy atom. The Labute approximate surface area is 129 Å². The molecule has 0 saturated heterocycles. The molecule has 4 nitrogen and oxygen atoms in total. The smallest absolute Gasteiger partial charge is 0.121 e. The van der Waals surface area contributed by atoms with Crippen LogP contribution in [0.1, 0.15) is 34.8 Å². The van der Waals surface area contributed by atoms with Gasteiger partial charge in [-0.25, -0.2) is 0 Å². The molecule has 0 amide bonds. The van der Waals surface area contributed by atoms with Crippen LogP contribution in [0.2, 0.25) is 0 Å². The van der Waals surface area contributed by atoms with Crippen molar-refractivity contribution < 1.29 is 4.74 Å². The van der Waals surface area contributed by atoms with Gasteiger partial charge in [-0.1, -0.05) is 12.1 Å². The van der Waals surface area contributed by atoms with E-state index in [1.165, 1.54) is 18.4 Å². The van der Waals surface area contributed by atoms with Crippen molar-refractivity contribution in [2.75, 3.05) is 13.7 Å². The summed E-state index contributed by atoms with van der Waals surface area (Å²) in [5, 5.41) is 14.4. The van der Waals surface area contributed by atoms with E-state index in [4.69, 9.17) is 4.74 Å². The van der Waals surface area contributed by atoms with Gasteiger partial charge in [0.1, 0.15) is 15.8 Å². The molecule has 112 valence electrons. The molecule has 1 heterocycles. The summed E-state index contributed by atoms with van der Waals surface area (Å²) in [7, 11) is 1.68. The third-order valence-corrected chi connectivity index (χ3v) is 4.58. The van der Waals surface area contributed by atoms with Crippen molar-refractivity contribution in [3.05, 3.63) is 39.8 Å². The van der Waals surface area contributed by atoms with Crippen molar-refractivity contribution in [3.63, 3.8) is 0 Å². The maximum Gasteiger partial charge on any atom is 0.121 e. The zero-order valence-electron chi connectivity index (χ0n) is 12.3. The van der Waals surface area contributed by atoms with Crippen LogP contribution in [-0.4, -0.2) is 29.9 Å². The van der Waals surface area contributed by atoms with Gasteiger partial charge in [0.15, 0.2) is 0 Å². The molecule has 0 atom stereocenters. The summed E-state index contributed by atoms with van der Waals surface area (Å²) in [6.07, 6.45) is 5.73. The fraction of sp³-hybridized carbons (Fsp3) is 0.500. The van der Waals surface area contributed by atoms with Gasteiger partial charge in [0.05, 0.1) is 7.11 Å². The quantitative estimate of drug-likeness (QED) is 0.762. The SMILES string of the molecule is COc1ccc(Cc2nnc(CCCNC3CC3)s2)cc1. The zero-order valence-corrected chi connectivity index (χ0v) is 13.2. The van der Waals surface area contributed by atoms with E-state index in [1.807, 2.05) is 12.1 Å². The molecule has 5 heteroatoms. The summed E-state index contributed by atoms with van der Waals surface area (Å²) in [5.41, 5.74) is 1.24. The van der Waals surface area contributed by atoms with Crippen LogP contribution in [0.4, 0.5) is 0 Å². The predicted molar refractivity (Wildman–Crippen MR) is 85.1 cm³/mol. The van der Waals surface area contributed by atoms with Crippen LogP contribution in [0.15, 0.2) is 24.3 Å². The number of hydrogen-bond donors (Lipinski definition) is 1. The lowest BCUT2D eigenvalue weighted by Gasteiger charge is -2.01. The number of methoxy groups -OCH3 is 1. The molecule has 1 aromatic heterocycles. The molecule has 0 bridgehead atoms. The molecule has 1 aromatic carbocycles. The highest BCUT2D eigenvalue weighted by Gasteiger charge is 2.19. The van der Waals surface area contributed by atoms with Crippen LogP contribution in [0.25, 0.3) is 0 Å². The minimum atomic E-state index is 0.796. The first-order chi connectivity index (χ1) is 10.3. The Kier molecular flexibility index (Phi) is 4.83. The van der Waals surface area contributed by atoms with Crippen LogP contribution in [-0.2, 0) is 12.8 Å². The van der Waals surface area contributed by atoms with Gasteiger partial charge in [0.25, 0.3) is 0 Å². The van der Waals surface area contributed by atoms with Crippen molar-refractivity contribution in [2.24, 2.45) is 0 Å². The van der Waals surface area contributed by atoms with E-state index in [2.05, 4.69) is 27.6 Å². The van der Waals surface area contributed by atoms with Gasteiger partial charge < -0.3 is 10.1 Å². The normalized spacial score (nSPS) is 14.3. The lowest BCUT2D eigenvalue weighted by Crippen LogP contribution is -2.17. The van der Waals surface area contributed by atoms with Gasteiger partial charge in [-0.05, 0) is 43.5 Å².